The Labute approximate surface area is 132 Å². The van der Waals surface area contributed by atoms with E-state index in [2.05, 4.69) is 47.4 Å². The summed E-state index contributed by atoms with van der Waals surface area (Å²) < 4.78 is 1.30. The molecule has 2 aromatic rings. The number of halogens is 2. The molecule has 1 aromatic heterocycles. The standard InChI is InChI=1S/C13H9Br2N3O2/c14-9-6-10(15)12(19)5-8(9)7-17-18-13(20)11-3-1-2-4-16-11/h1-7,19H,(H,18,20)/b17-7+. The summed E-state index contributed by atoms with van der Waals surface area (Å²) >= 11 is 6.54. The van der Waals surface area contributed by atoms with Crippen molar-refractivity contribution < 1.29 is 9.90 Å². The van der Waals surface area contributed by atoms with Crippen molar-refractivity contribution in [2.24, 2.45) is 5.10 Å². The van der Waals surface area contributed by atoms with Gasteiger partial charge in [0, 0.05) is 16.2 Å². The van der Waals surface area contributed by atoms with Crippen LogP contribution in [-0.4, -0.2) is 22.2 Å². The Morgan fingerprint density at radius 3 is 2.80 bits per heavy atom. The Kier molecular flexibility index (Phi) is 4.86. The lowest BCUT2D eigenvalue weighted by atomic mass is 10.2. The molecule has 0 radical (unpaired) electrons. The zero-order valence-corrected chi connectivity index (χ0v) is 13.2. The lowest BCUT2D eigenvalue weighted by molar-refractivity contribution is 0.0950. The molecule has 0 spiro atoms. The highest BCUT2D eigenvalue weighted by Crippen LogP contribution is 2.29. The zero-order valence-electron chi connectivity index (χ0n) is 10.0. The van der Waals surface area contributed by atoms with E-state index in [-0.39, 0.29) is 11.4 Å². The van der Waals surface area contributed by atoms with Crippen LogP contribution in [0.4, 0.5) is 0 Å². The second-order valence-electron chi connectivity index (χ2n) is 3.74. The first-order valence-corrected chi connectivity index (χ1v) is 7.09. The fourth-order valence-electron chi connectivity index (χ4n) is 1.37. The molecule has 0 saturated carbocycles. The van der Waals surface area contributed by atoms with E-state index in [1.807, 2.05) is 0 Å². The Morgan fingerprint density at radius 2 is 2.10 bits per heavy atom. The minimum Gasteiger partial charge on any atom is -0.507 e. The predicted octanol–water partition coefficient (Wildman–Crippen LogP) is 3.08. The van der Waals surface area contributed by atoms with Gasteiger partial charge in [0.25, 0.3) is 5.91 Å². The average Bonchev–Trinajstić information content (AvgIpc) is 2.45. The number of hydrazone groups is 1. The number of rotatable bonds is 3. The van der Waals surface area contributed by atoms with Crippen LogP contribution >= 0.6 is 31.9 Å². The fourth-order valence-corrected chi connectivity index (χ4v) is 2.46. The third-order valence-electron chi connectivity index (χ3n) is 2.33. The van der Waals surface area contributed by atoms with Gasteiger partial charge in [-0.1, -0.05) is 22.0 Å². The van der Waals surface area contributed by atoms with Crippen LogP contribution in [0.25, 0.3) is 0 Å². The number of aromatic hydroxyl groups is 1. The van der Waals surface area contributed by atoms with Crippen molar-refractivity contribution in [3.63, 3.8) is 0 Å². The molecule has 0 aliphatic carbocycles. The number of phenolic OH excluding ortho intramolecular Hbond substituents is 1. The first-order valence-electron chi connectivity index (χ1n) is 5.50. The van der Waals surface area contributed by atoms with Crippen molar-refractivity contribution in [2.75, 3.05) is 0 Å². The molecule has 0 bridgehead atoms. The van der Waals surface area contributed by atoms with Gasteiger partial charge in [-0.15, -0.1) is 0 Å². The molecule has 20 heavy (non-hydrogen) atoms. The van der Waals surface area contributed by atoms with Crippen LogP contribution in [0.3, 0.4) is 0 Å². The number of benzene rings is 1. The van der Waals surface area contributed by atoms with Crippen molar-refractivity contribution in [3.8, 4) is 5.75 Å². The first-order chi connectivity index (χ1) is 9.58. The predicted molar refractivity (Wildman–Crippen MR) is 82.8 cm³/mol. The summed E-state index contributed by atoms with van der Waals surface area (Å²) in [6.45, 7) is 0. The van der Waals surface area contributed by atoms with Gasteiger partial charge in [0.05, 0.1) is 10.7 Å². The van der Waals surface area contributed by atoms with E-state index in [1.165, 1.54) is 18.5 Å². The van der Waals surface area contributed by atoms with E-state index in [9.17, 15) is 9.90 Å². The van der Waals surface area contributed by atoms with E-state index in [0.29, 0.717) is 10.0 Å². The molecule has 102 valence electrons. The monoisotopic (exact) mass is 397 g/mol. The molecule has 0 aliphatic rings. The molecule has 2 N–H and O–H groups in total. The molecule has 1 heterocycles. The van der Waals surface area contributed by atoms with E-state index >= 15 is 0 Å². The number of phenols is 1. The second-order valence-corrected chi connectivity index (χ2v) is 5.45. The maximum Gasteiger partial charge on any atom is 0.289 e. The lowest BCUT2D eigenvalue weighted by Gasteiger charge is -2.02. The third kappa shape index (κ3) is 3.64. The number of amides is 1. The molecule has 0 atom stereocenters. The van der Waals surface area contributed by atoms with Crippen molar-refractivity contribution in [1.82, 2.24) is 10.4 Å². The summed E-state index contributed by atoms with van der Waals surface area (Å²) in [6.07, 6.45) is 2.96. The molecule has 1 amide bonds. The molecule has 5 nitrogen and oxygen atoms in total. The number of carbonyl (C=O) groups is 1. The van der Waals surface area contributed by atoms with Crippen molar-refractivity contribution in [2.45, 2.75) is 0 Å². The van der Waals surface area contributed by atoms with E-state index in [1.54, 1.807) is 24.3 Å². The number of hydrogen-bond donors (Lipinski definition) is 2. The summed E-state index contributed by atoms with van der Waals surface area (Å²) in [4.78, 5) is 15.6. The summed E-state index contributed by atoms with van der Waals surface area (Å²) in [7, 11) is 0. The Balaban J connectivity index is 2.08. The van der Waals surface area contributed by atoms with Gasteiger partial charge in [0.2, 0.25) is 0 Å². The first kappa shape index (κ1) is 14.7. The molecular weight excluding hydrogens is 390 g/mol. The number of pyridine rings is 1. The Hall–Kier alpha value is -1.73. The van der Waals surface area contributed by atoms with Crippen LogP contribution in [0.15, 0.2) is 50.6 Å². The van der Waals surface area contributed by atoms with Crippen LogP contribution in [0, 0.1) is 0 Å². The molecule has 1 aromatic carbocycles. The lowest BCUT2D eigenvalue weighted by Crippen LogP contribution is -2.18. The van der Waals surface area contributed by atoms with Crippen LogP contribution in [0.2, 0.25) is 0 Å². The highest BCUT2D eigenvalue weighted by molar-refractivity contribution is 9.11. The van der Waals surface area contributed by atoms with E-state index in [0.717, 1.165) is 4.47 Å². The number of aromatic nitrogens is 1. The SMILES string of the molecule is O=C(N/N=C/c1cc(O)c(Br)cc1Br)c1ccccn1. The van der Waals surface area contributed by atoms with Crippen LogP contribution in [0.5, 0.6) is 5.75 Å². The second kappa shape index (κ2) is 6.62. The Bertz CT molecular complexity index is 660. The summed E-state index contributed by atoms with van der Waals surface area (Å²) in [5.41, 5.74) is 3.27. The topological polar surface area (TPSA) is 74.6 Å². The van der Waals surface area contributed by atoms with Crippen molar-refractivity contribution in [3.05, 3.63) is 56.7 Å². The molecule has 0 fully saturated rings. The highest BCUT2D eigenvalue weighted by atomic mass is 79.9. The van der Waals surface area contributed by atoms with Gasteiger partial charge in [-0.05, 0) is 40.2 Å². The number of nitrogens with one attached hydrogen (secondary N) is 1. The van der Waals surface area contributed by atoms with Gasteiger partial charge in [-0.2, -0.15) is 5.10 Å². The molecule has 2 rings (SSSR count). The third-order valence-corrected chi connectivity index (χ3v) is 3.66. The van der Waals surface area contributed by atoms with Gasteiger partial charge in [0.15, 0.2) is 0 Å². The largest absolute Gasteiger partial charge is 0.507 e. The van der Waals surface area contributed by atoms with Gasteiger partial charge < -0.3 is 5.11 Å². The summed E-state index contributed by atoms with van der Waals surface area (Å²) in [6, 6.07) is 8.24. The quantitative estimate of drug-likeness (QED) is 0.616. The molecular formula is C13H9Br2N3O2. The maximum atomic E-state index is 11.7. The summed E-state index contributed by atoms with van der Waals surface area (Å²) in [5.74, 6) is -0.315. The smallest absolute Gasteiger partial charge is 0.289 e. The van der Waals surface area contributed by atoms with Crippen LogP contribution in [-0.2, 0) is 0 Å². The van der Waals surface area contributed by atoms with Crippen LogP contribution < -0.4 is 5.43 Å². The van der Waals surface area contributed by atoms with Crippen molar-refractivity contribution in [1.29, 1.82) is 0 Å². The average molecular weight is 399 g/mol. The number of hydrogen-bond acceptors (Lipinski definition) is 4. The highest BCUT2D eigenvalue weighted by Gasteiger charge is 2.05. The molecule has 0 aliphatic heterocycles. The van der Waals surface area contributed by atoms with Gasteiger partial charge >= 0.3 is 0 Å². The van der Waals surface area contributed by atoms with E-state index in [4.69, 9.17) is 0 Å². The van der Waals surface area contributed by atoms with Gasteiger partial charge in [-0.25, -0.2) is 5.43 Å². The molecule has 0 unspecified atom stereocenters. The number of carbonyl (C=O) groups excluding carboxylic acids is 1. The minimum atomic E-state index is -0.403. The van der Waals surface area contributed by atoms with Gasteiger partial charge in [0.1, 0.15) is 11.4 Å². The number of nitrogens with zero attached hydrogens (tertiary/aromatic N) is 2. The molecule has 0 saturated heterocycles. The molecule has 7 heteroatoms. The van der Waals surface area contributed by atoms with Crippen molar-refractivity contribution >= 4 is 44.0 Å². The van der Waals surface area contributed by atoms with E-state index < -0.39 is 5.91 Å². The summed E-state index contributed by atoms with van der Waals surface area (Å²) in [5, 5.41) is 13.4. The fraction of sp³-hybridized carbons (Fsp3) is 0. The Morgan fingerprint density at radius 1 is 1.30 bits per heavy atom. The zero-order chi connectivity index (χ0) is 14.5. The van der Waals surface area contributed by atoms with Crippen LogP contribution in [0.1, 0.15) is 16.1 Å². The van der Waals surface area contributed by atoms with Gasteiger partial charge in [-0.3, -0.25) is 9.78 Å². The maximum absolute atomic E-state index is 11.7. The minimum absolute atomic E-state index is 0.0886. The normalized spacial score (nSPS) is 10.7.